The Balaban J connectivity index is 2.32. The van der Waals surface area contributed by atoms with Crippen LogP contribution in [-0.4, -0.2) is 23.5 Å². The van der Waals surface area contributed by atoms with E-state index < -0.39 is 5.97 Å². The molecule has 1 atom stereocenters. The zero-order chi connectivity index (χ0) is 13.1. The molecule has 0 aliphatic carbocycles. The molecule has 4 nitrogen and oxygen atoms in total. The number of carboxylic acid groups (broad SMARTS) is 1. The Kier molecular flexibility index (Phi) is 3.46. The average Bonchev–Trinajstić information content (AvgIpc) is 2.68. The molecule has 1 aromatic carbocycles. The lowest BCUT2D eigenvalue weighted by Crippen LogP contribution is -2.28. The minimum atomic E-state index is -0.838. The lowest BCUT2D eigenvalue weighted by Gasteiger charge is -2.15. The van der Waals surface area contributed by atoms with Crippen molar-refractivity contribution in [3.63, 3.8) is 0 Å². The molecule has 0 fully saturated rings. The molecule has 0 spiro atoms. The summed E-state index contributed by atoms with van der Waals surface area (Å²) in [6.45, 7) is 2.23. The van der Waals surface area contributed by atoms with E-state index in [1.165, 1.54) is 6.08 Å². The van der Waals surface area contributed by atoms with Crippen molar-refractivity contribution in [2.45, 2.75) is 19.3 Å². The first-order chi connectivity index (χ1) is 8.63. The Labute approximate surface area is 106 Å². The second-order valence-corrected chi connectivity index (χ2v) is 4.30. The third kappa shape index (κ3) is 2.27. The summed E-state index contributed by atoms with van der Waals surface area (Å²) in [4.78, 5) is 24.4. The molecule has 94 valence electrons. The van der Waals surface area contributed by atoms with Crippen molar-refractivity contribution < 1.29 is 14.7 Å². The van der Waals surface area contributed by atoms with Crippen LogP contribution in [0.2, 0.25) is 0 Å². The van der Waals surface area contributed by atoms with E-state index in [1.807, 2.05) is 24.3 Å². The molecular formula is C14H15NO3. The minimum absolute atomic E-state index is 0.0522. The van der Waals surface area contributed by atoms with Gasteiger partial charge in [-0.1, -0.05) is 24.3 Å². The van der Waals surface area contributed by atoms with Gasteiger partial charge in [-0.3, -0.25) is 9.59 Å². The molecule has 18 heavy (non-hydrogen) atoms. The average molecular weight is 245 g/mol. The van der Waals surface area contributed by atoms with Crippen molar-refractivity contribution in [3.05, 3.63) is 42.0 Å². The van der Waals surface area contributed by atoms with Crippen molar-refractivity contribution in [1.29, 1.82) is 0 Å². The molecule has 1 amide bonds. The van der Waals surface area contributed by atoms with Crippen molar-refractivity contribution in [2.24, 2.45) is 0 Å². The molecule has 1 aliphatic heterocycles. The van der Waals surface area contributed by atoms with E-state index in [4.69, 9.17) is 5.11 Å². The number of carbonyl (C=O) groups is 2. The van der Waals surface area contributed by atoms with Crippen LogP contribution in [-0.2, 0) is 9.59 Å². The fourth-order valence-corrected chi connectivity index (χ4v) is 2.32. The summed E-state index contributed by atoms with van der Waals surface area (Å²) >= 11 is 0. The van der Waals surface area contributed by atoms with Gasteiger partial charge in [-0.15, -0.1) is 0 Å². The summed E-state index contributed by atoms with van der Waals surface area (Å²) in [5.74, 6) is -1.05. The highest BCUT2D eigenvalue weighted by atomic mass is 16.4. The maximum absolute atomic E-state index is 11.9. The van der Waals surface area contributed by atoms with Crippen LogP contribution in [0.15, 0.2) is 36.4 Å². The molecule has 0 aromatic heterocycles. The van der Waals surface area contributed by atoms with Crippen LogP contribution >= 0.6 is 0 Å². The number of amides is 1. The van der Waals surface area contributed by atoms with Crippen LogP contribution in [0, 0.1) is 0 Å². The Morgan fingerprint density at radius 1 is 1.44 bits per heavy atom. The Morgan fingerprint density at radius 2 is 2.17 bits per heavy atom. The van der Waals surface area contributed by atoms with E-state index in [0.29, 0.717) is 6.54 Å². The fourth-order valence-electron chi connectivity index (χ4n) is 2.32. The molecule has 0 bridgehead atoms. The van der Waals surface area contributed by atoms with Gasteiger partial charge in [0.05, 0.1) is 6.42 Å². The number of fused-ring (bicyclic) bond motifs is 1. The molecule has 1 heterocycles. The van der Waals surface area contributed by atoms with E-state index in [-0.39, 0.29) is 18.2 Å². The molecule has 0 radical (unpaired) electrons. The molecule has 0 saturated carbocycles. The number of benzene rings is 1. The maximum Gasteiger partial charge on any atom is 0.304 e. The van der Waals surface area contributed by atoms with Crippen LogP contribution in [0.25, 0.3) is 0 Å². The Hall–Kier alpha value is -2.10. The van der Waals surface area contributed by atoms with Gasteiger partial charge in [-0.2, -0.15) is 0 Å². The largest absolute Gasteiger partial charge is 0.481 e. The number of carbonyl (C=O) groups excluding carboxylic acids is 1. The van der Waals surface area contributed by atoms with E-state index in [1.54, 1.807) is 17.9 Å². The predicted molar refractivity (Wildman–Crippen MR) is 68.6 cm³/mol. The van der Waals surface area contributed by atoms with E-state index in [2.05, 4.69) is 0 Å². The topological polar surface area (TPSA) is 57.6 Å². The summed E-state index contributed by atoms with van der Waals surface area (Å²) in [5, 5.41) is 8.91. The van der Waals surface area contributed by atoms with Crippen LogP contribution in [0.4, 0.5) is 5.69 Å². The lowest BCUT2D eigenvalue weighted by molar-refractivity contribution is -0.137. The van der Waals surface area contributed by atoms with Crippen LogP contribution in [0.3, 0.4) is 0 Å². The summed E-state index contributed by atoms with van der Waals surface area (Å²) in [7, 11) is 0. The minimum Gasteiger partial charge on any atom is -0.481 e. The number of hydrogen-bond acceptors (Lipinski definition) is 2. The van der Waals surface area contributed by atoms with Gasteiger partial charge in [-0.05, 0) is 24.6 Å². The second-order valence-electron chi connectivity index (χ2n) is 4.30. The number of aliphatic carboxylic acids is 1. The van der Waals surface area contributed by atoms with Crippen molar-refractivity contribution in [3.8, 4) is 0 Å². The van der Waals surface area contributed by atoms with Gasteiger partial charge in [0.15, 0.2) is 0 Å². The highest BCUT2D eigenvalue weighted by Crippen LogP contribution is 2.37. The number of rotatable bonds is 3. The third-order valence-electron chi connectivity index (χ3n) is 3.07. The standard InChI is InChI=1S/C14H15NO3/c1-2-5-13(16)15-9-10(8-14(17)18)11-6-3-4-7-12(11)15/h2-7,10H,8-9H2,1H3,(H,17,18)/b5-2+. The summed E-state index contributed by atoms with van der Waals surface area (Å²) in [6, 6.07) is 7.49. The molecule has 1 unspecified atom stereocenters. The van der Waals surface area contributed by atoms with Crippen LogP contribution in [0.1, 0.15) is 24.8 Å². The summed E-state index contributed by atoms with van der Waals surface area (Å²) in [6.07, 6.45) is 3.24. The van der Waals surface area contributed by atoms with Crippen LogP contribution in [0.5, 0.6) is 0 Å². The van der Waals surface area contributed by atoms with Crippen molar-refractivity contribution in [1.82, 2.24) is 0 Å². The van der Waals surface area contributed by atoms with Gasteiger partial charge in [0.25, 0.3) is 5.91 Å². The first-order valence-corrected chi connectivity index (χ1v) is 5.88. The van der Waals surface area contributed by atoms with Crippen LogP contribution < -0.4 is 4.90 Å². The SMILES string of the molecule is C/C=C/C(=O)N1CC(CC(=O)O)c2ccccc21. The highest BCUT2D eigenvalue weighted by molar-refractivity contribution is 6.03. The number of carboxylic acids is 1. The monoisotopic (exact) mass is 245 g/mol. The van der Waals surface area contributed by atoms with Gasteiger partial charge < -0.3 is 10.0 Å². The first-order valence-electron chi connectivity index (χ1n) is 5.88. The molecule has 1 N–H and O–H groups in total. The van der Waals surface area contributed by atoms with Gasteiger partial charge in [0.1, 0.15) is 0 Å². The number of para-hydroxylation sites is 1. The Morgan fingerprint density at radius 3 is 2.83 bits per heavy atom. The molecule has 1 aliphatic rings. The van der Waals surface area contributed by atoms with E-state index in [9.17, 15) is 9.59 Å². The quantitative estimate of drug-likeness (QED) is 0.830. The third-order valence-corrected chi connectivity index (χ3v) is 3.07. The van der Waals surface area contributed by atoms with Crippen molar-refractivity contribution in [2.75, 3.05) is 11.4 Å². The second kappa shape index (κ2) is 5.04. The molecule has 0 saturated heterocycles. The Bertz CT molecular complexity index is 508. The highest BCUT2D eigenvalue weighted by Gasteiger charge is 2.32. The maximum atomic E-state index is 11.9. The zero-order valence-corrected chi connectivity index (χ0v) is 10.2. The number of nitrogens with zero attached hydrogens (tertiary/aromatic N) is 1. The molecule has 2 rings (SSSR count). The molecule has 4 heteroatoms. The van der Waals surface area contributed by atoms with Gasteiger partial charge in [0.2, 0.25) is 0 Å². The summed E-state index contributed by atoms with van der Waals surface area (Å²) in [5.41, 5.74) is 1.77. The van der Waals surface area contributed by atoms with Crippen molar-refractivity contribution >= 4 is 17.6 Å². The smallest absolute Gasteiger partial charge is 0.304 e. The number of allylic oxidation sites excluding steroid dienone is 1. The fraction of sp³-hybridized carbons (Fsp3) is 0.286. The molecular weight excluding hydrogens is 230 g/mol. The lowest BCUT2D eigenvalue weighted by atomic mass is 9.98. The zero-order valence-electron chi connectivity index (χ0n) is 10.2. The van der Waals surface area contributed by atoms with E-state index >= 15 is 0 Å². The van der Waals surface area contributed by atoms with E-state index in [0.717, 1.165) is 11.3 Å². The number of hydrogen-bond donors (Lipinski definition) is 1. The predicted octanol–water partition coefficient (Wildman–Crippen LogP) is 2.17. The van der Waals surface area contributed by atoms with Gasteiger partial charge in [0, 0.05) is 18.2 Å². The molecule has 1 aromatic rings. The van der Waals surface area contributed by atoms with Gasteiger partial charge in [-0.25, -0.2) is 0 Å². The summed E-state index contributed by atoms with van der Waals surface area (Å²) < 4.78 is 0. The first kappa shape index (κ1) is 12.4. The van der Waals surface area contributed by atoms with Gasteiger partial charge >= 0.3 is 5.97 Å². The number of anilines is 1. The normalized spacial score (nSPS) is 18.1.